The Morgan fingerprint density at radius 2 is 1.77 bits per heavy atom. The molecule has 3 rings (SSSR count). The second-order valence-corrected chi connectivity index (χ2v) is 9.99. The van der Waals surface area contributed by atoms with Gasteiger partial charge in [-0.2, -0.15) is 13.2 Å². The van der Waals surface area contributed by atoms with Crippen LogP contribution in [0.1, 0.15) is 5.56 Å². The molecule has 2 aromatic heterocycles. The lowest BCUT2D eigenvalue weighted by molar-refractivity contribution is -0.192. The molecule has 2 N–H and O–H groups in total. The molecule has 31 heavy (non-hydrogen) atoms. The normalized spacial score (nSPS) is 11.7. The minimum atomic E-state index is -5.08. The molecule has 0 aliphatic heterocycles. The molecular formula is C18H15Cl2F3N2O4S2. The van der Waals surface area contributed by atoms with Gasteiger partial charge in [0.25, 0.3) is 10.0 Å². The van der Waals surface area contributed by atoms with Crippen molar-refractivity contribution < 1.29 is 31.5 Å². The molecule has 0 atom stereocenters. The molecule has 0 radical (unpaired) electrons. The van der Waals surface area contributed by atoms with Crippen LogP contribution in [-0.2, 0) is 21.4 Å². The smallest absolute Gasteiger partial charge is 0.475 e. The third-order valence-electron chi connectivity index (χ3n) is 3.70. The second kappa shape index (κ2) is 10.0. The lowest BCUT2D eigenvalue weighted by atomic mass is 10.1. The van der Waals surface area contributed by atoms with Crippen LogP contribution in [0.5, 0.6) is 0 Å². The minimum Gasteiger partial charge on any atom is -0.475 e. The number of carboxylic acid groups (broad SMARTS) is 1. The van der Waals surface area contributed by atoms with Gasteiger partial charge >= 0.3 is 12.1 Å². The van der Waals surface area contributed by atoms with Gasteiger partial charge in [0, 0.05) is 12.7 Å². The topological polar surface area (TPSA) is 88.4 Å². The molecule has 0 amide bonds. The van der Waals surface area contributed by atoms with Crippen molar-refractivity contribution in [3.63, 3.8) is 0 Å². The first-order valence-electron chi connectivity index (χ1n) is 8.29. The highest BCUT2D eigenvalue weighted by atomic mass is 35.5. The molecule has 0 saturated carbocycles. The SMILES string of the molecule is CNCc1cc(-c2ccccc2)n(S(=O)(=O)c2cc(Cl)sc2Cl)c1.O=C(O)C(F)(F)F. The van der Waals surface area contributed by atoms with Crippen molar-refractivity contribution in [3.8, 4) is 11.3 Å². The summed E-state index contributed by atoms with van der Waals surface area (Å²) in [6.07, 6.45) is -3.48. The molecule has 0 aliphatic rings. The summed E-state index contributed by atoms with van der Waals surface area (Å²) in [5, 5.41) is 10.2. The lowest BCUT2D eigenvalue weighted by Gasteiger charge is -2.09. The third-order valence-corrected chi connectivity index (χ3v) is 7.12. The van der Waals surface area contributed by atoms with Crippen LogP contribution in [0.2, 0.25) is 8.67 Å². The number of alkyl halides is 3. The Labute approximate surface area is 189 Å². The molecule has 0 unspecified atom stereocenters. The third kappa shape index (κ3) is 6.23. The maximum Gasteiger partial charge on any atom is 0.490 e. The van der Waals surface area contributed by atoms with E-state index in [1.807, 2.05) is 43.4 Å². The Kier molecular flexibility index (Phi) is 8.17. The number of aromatic nitrogens is 1. The summed E-state index contributed by atoms with van der Waals surface area (Å²) in [5.41, 5.74) is 2.25. The predicted molar refractivity (Wildman–Crippen MR) is 113 cm³/mol. The van der Waals surface area contributed by atoms with Crippen molar-refractivity contribution in [2.45, 2.75) is 17.6 Å². The number of carboxylic acids is 1. The van der Waals surface area contributed by atoms with E-state index in [1.165, 1.54) is 10.0 Å². The van der Waals surface area contributed by atoms with Crippen molar-refractivity contribution in [2.24, 2.45) is 0 Å². The number of rotatable bonds is 5. The van der Waals surface area contributed by atoms with Crippen molar-refractivity contribution in [3.05, 3.63) is 62.9 Å². The number of hydrogen-bond donors (Lipinski definition) is 2. The van der Waals surface area contributed by atoms with Crippen LogP contribution in [0.25, 0.3) is 11.3 Å². The Hall–Kier alpha value is -2.05. The van der Waals surface area contributed by atoms with Crippen LogP contribution in [0.15, 0.2) is 53.6 Å². The monoisotopic (exact) mass is 514 g/mol. The molecule has 0 spiro atoms. The number of nitrogens with zero attached hydrogens (tertiary/aromatic N) is 1. The van der Waals surface area contributed by atoms with Crippen LogP contribution in [0, 0.1) is 0 Å². The molecule has 0 fully saturated rings. The summed E-state index contributed by atoms with van der Waals surface area (Å²) in [5.74, 6) is -2.76. The van der Waals surface area contributed by atoms with E-state index >= 15 is 0 Å². The number of aliphatic carboxylic acids is 1. The van der Waals surface area contributed by atoms with Gasteiger partial charge in [0.15, 0.2) is 0 Å². The Bertz CT molecular complexity index is 1160. The van der Waals surface area contributed by atoms with Gasteiger partial charge in [0.1, 0.15) is 9.23 Å². The molecule has 2 heterocycles. The average Bonchev–Trinajstić information content (AvgIpc) is 3.26. The van der Waals surface area contributed by atoms with Crippen molar-refractivity contribution in [1.82, 2.24) is 9.29 Å². The van der Waals surface area contributed by atoms with Crippen LogP contribution < -0.4 is 5.32 Å². The standard InChI is InChI=1S/C16H14Cl2N2O2S2.C2HF3O2/c1-19-9-11-7-13(12-5-3-2-4-6-12)20(10-11)24(21,22)14-8-15(17)23-16(14)18;3-2(4,5)1(6)7/h2-8,10,19H,9H2,1H3;(H,6,7). The Morgan fingerprint density at radius 1 is 1.19 bits per heavy atom. The molecule has 0 saturated heterocycles. The quantitative estimate of drug-likeness (QED) is 0.493. The number of benzene rings is 1. The van der Waals surface area contributed by atoms with Gasteiger partial charge < -0.3 is 10.4 Å². The van der Waals surface area contributed by atoms with Gasteiger partial charge in [-0.15, -0.1) is 11.3 Å². The van der Waals surface area contributed by atoms with E-state index in [0.29, 0.717) is 16.6 Å². The Morgan fingerprint density at radius 3 is 2.23 bits per heavy atom. The highest BCUT2D eigenvalue weighted by Crippen LogP contribution is 2.37. The maximum atomic E-state index is 13.1. The van der Waals surface area contributed by atoms with Crippen LogP contribution in [0.4, 0.5) is 13.2 Å². The van der Waals surface area contributed by atoms with E-state index < -0.39 is 22.2 Å². The molecule has 0 aliphatic carbocycles. The van der Waals surface area contributed by atoms with Crippen LogP contribution in [-0.4, -0.2) is 36.7 Å². The first-order valence-corrected chi connectivity index (χ1v) is 11.3. The van der Waals surface area contributed by atoms with E-state index in [1.54, 1.807) is 6.20 Å². The van der Waals surface area contributed by atoms with Crippen molar-refractivity contribution >= 4 is 50.5 Å². The zero-order valence-electron chi connectivity index (χ0n) is 15.7. The molecule has 6 nitrogen and oxygen atoms in total. The fraction of sp³-hybridized carbons (Fsp3) is 0.167. The summed E-state index contributed by atoms with van der Waals surface area (Å²) in [6.45, 7) is 0.556. The molecule has 13 heteroatoms. The van der Waals surface area contributed by atoms with Gasteiger partial charge in [-0.05, 0) is 30.3 Å². The summed E-state index contributed by atoms with van der Waals surface area (Å²) in [4.78, 5) is 8.91. The number of nitrogens with one attached hydrogen (secondary N) is 1. The fourth-order valence-corrected chi connectivity index (χ4v) is 5.94. The van der Waals surface area contributed by atoms with E-state index in [0.717, 1.165) is 22.5 Å². The van der Waals surface area contributed by atoms with E-state index in [-0.39, 0.29) is 9.23 Å². The summed E-state index contributed by atoms with van der Waals surface area (Å²) in [7, 11) is -2.03. The lowest BCUT2D eigenvalue weighted by Crippen LogP contribution is -2.21. The minimum absolute atomic E-state index is 0.0166. The maximum absolute atomic E-state index is 13.1. The number of thiophene rings is 1. The van der Waals surface area contributed by atoms with Gasteiger partial charge in [0.05, 0.1) is 10.0 Å². The van der Waals surface area contributed by atoms with E-state index in [4.69, 9.17) is 33.1 Å². The van der Waals surface area contributed by atoms with E-state index in [9.17, 15) is 21.6 Å². The number of hydrogen-bond acceptors (Lipinski definition) is 5. The largest absolute Gasteiger partial charge is 0.490 e. The van der Waals surface area contributed by atoms with Gasteiger partial charge in [-0.3, -0.25) is 0 Å². The van der Waals surface area contributed by atoms with Crippen molar-refractivity contribution in [1.29, 1.82) is 0 Å². The summed E-state index contributed by atoms with van der Waals surface area (Å²) < 4.78 is 59.7. The van der Waals surface area contributed by atoms with Gasteiger partial charge in [-0.25, -0.2) is 17.2 Å². The Balaban J connectivity index is 0.000000423. The first kappa shape index (κ1) is 25.2. The first-order chi connectivity index (χ1) is 14.4. The van der Waals surface area contributed by atoms with Gasteiger partial charge in [-0.1, -0.05) is 53.5 Å². The molecular weight excluding hydrogens is 500 g/mol. The van der Waals surface area contributed by atoms with Crippen LogP contribution in [0.3, 0.4) is 0 Å². The summed E-state index contributed by atoms with van der Waals surface area (Å²) >= 11 is 13.0. The van der Waals surface area contributed by atoms with Crippen LogP contribution >= 0.6 is 34.5 Å². The number of carbonyl (C=O) groups is 1. The molecule has 168 valence electrons. The zero-order valence-corrected chi connectivity index (χ0v) is 18.8. The molecule has 1 aromatic carbocycles. The zero-order chi connectivity index (χ0) is 23.4. The summed E-state index contributed by atoms with van der Waals surface area (Å²) in [6, 6.07) is 12.6. The highest BCUT2D eigenvalue weighted by molar-refractivity contribution is 7.90. The fourth-order valence-electron chi connectivity index (χ4n) is 2.42. The second-order valence-electron chi connectivity index (χ2n) is 5.92. The number of halogens is 5. The average molecular weight is 515 g/mol. The van der Waals surface area contributed by atoms with E-state index in [2.05, 4.69) is 5.32 Å². The molecule has 0 bridgehead atoms. The molecule has 3 aromatic rings. The predicted octanol–water partition coefficient (Wildman–Crippen LogP) is 5.11. The van der Waals surface area contributed by atoms with Crippen molar-refractivity contribution in [2.75, 3.05) is 7.05 Å². The highest BCUT2D eigenvalue weighted by Gasteiger charge is 2.38. The van der Waals surface area contributed by atoms with Gasteiger partial charge in [0.2, 0.25) is 0 Å².